The molecule has 0 amide bonds. The summed E-state index contributed by atoms with van der Waals surface area (Å²) >= 11 is 0. The van der Waals surface area contributed by atoms with Gasteiger partial charge in [0.2, 0.25) is 6.79 Å². The summed E-state index contributed by atoms with van der Waals surface area (Å²) in [5.41, 5.74) is 1.09. The zero-order valence-electron chi connectivity index (χ0n) is 14.4. The summed E-state index contributed by atoms with van der Waals surface area (Å²) in [5.74, 6) is 2.30. The number of aliphatic hydroxyl groups is 1. The monoisotopic (exact) mass is 463 g/mol. The maximum Gasteiger partial charge on any atom is 0.231 e. The van der Waals surface area contributed by atoms with Crippen LogP contribution in [0.25, 0.3) is 0 Å². The average Bonchev–Trinajstić information content (AvgIpc) is 3.24. The van der Waals surface area contributed by atoms with Crippen LogP contribution in [-0.4, -0.2) is 51.3 Å². The second-order valence-electron chi connectivity index (χ2n) is 6.24. The molecule has 0 bridgehead atoms. The van der Waals surface area contributed by atoms with Gasteiger partial charge in [0.15, 0.2) is 17.5 Å². The predicted molar refractivity (Wildman–Crippen MR) is 106 cm³/mol. The minimum Gasteiger partial charge on any atom is -0.454 e. The fraction of sp³-hybridized carbons (Fsp3) is 0.588. The van der Waals surface area contributed by atoms with E-state index in [1.807, 2.05) is 18.2 Å². The van der Waals surface area contributed by atoms with E-state index < -0.39 is 0 Å². The van der Waals surface area contributed by atoms with E-state index in [1.54, 1.807) is 7.05 Å². The van der Waals surface area contributed by atoms with Crippen molar-refractivity contribution in [2.45, 2.75) is 19.4 Å². The van der Waals surface area contributed by atoms with E-state index >= 15 is 0 Å². The molecule has 3 N–H and O–H groups in total. The van der Waals surface area contributed by atoms with Gasteiger partial charge in [-0.2, -0.15) is 0 Å². The quantitative estimate of drug-likeness (QED) is 0.337. The highest BCUT2D eigenvalue weighted by Gasteiger charge is 2.34. The number of hydrogen-bond acceptors (Lipinski definition) is 5. The number of hydrogen-bond donors (Lipinski definition) is 3. The van der Waals surface area contributed by atoms with E-state index in [4.69, 9.17) is 14.2 Å². The standard InChI is InChI=1S/C17H25N3O4.HI/c1-18-16(20-10-17(4-6-21)5-7-22-11-17)19-9-13-2-3-14-15(8-13)24-12-23-14;/h2-3,8,21H,4-7,9-12H2,1H3,(H2,18,19,20);1H. The topological polar surface area (TPSA) is 84.3 Å². The molecule has 1 aromatic rings. The summed E-state index contributed by atoms with van der Waals surface area (Å²) in [6, 6.07) is 5.90. The molecular weight excluding hydrogens is 437 g/mol. The van der Waals surface area contributed by atoms with Crippen LogP contribution >= 0.6 is 24.0 Å². The zero-order chi connectivity index (χ0) is 16.8. The summed E-state index contributed by atoms with van der Waals surface area (Å²) in [7, 11) is 1.75. The van der Waals surface area contributed by atoms with Gasteiger partial charge in [-0.25, -0.2) is 0 Å². The maximum absolute atomic E-state index is 9.29. The summed E-state index contributed by atoms with van der Waals surface area (Å²) in [6.07, 6.45) is 1.69. The Morgan fingerprint density at radius 3 is 2.84 bits per heavy atom. The van der Waals surface area contributed by atoms with Gasteiger partial charge < -0.3 is 30.0 Å². The first-order valence-electron chi connectivity index (χ1n) is 8.26. The predicted octanol–water partition coefficient (Wildman–Crippen LogP) is 1.49. The number of nitrogens with one attached hydrogen (secondary N) is 2. The molecule has 1 atom stereocenters. The number of aliphatic imine (C=N–C) groups is 1. The normalized spacial score (nSPS) is 21.8. The van der Waals surface area contributed by atoms with Gasteiger partial charge >= 0.3 is 0 Å². The second kappa shape index (κ2) is 9.44. The molecule has 1 aromatic carbocycles. The Morgan fingerprint density at radius 2 is 2.12 bits per heavy atom. The van der Waals surface area contributed by atoms with Crippen molar-refractivity contribution in [3.05, 3.63) is 23.8 Å². The highest BCUT2D eigenvalue weighted by molar-refractivity contribution is 14.0. The van der Waals surface area contributed by atoms with Gasteiger partial charge in [-0.15, -0.1) is 24.0 Å². The number of nitrogens with zero attached hydrogens (tertiary/aromatic N) is 1. The summed E-state index contributed by atoms with van der Waals surface area (Å²) in [4.78, 5) is 4.26. The third-order valence-corrected chi connectivity index (χ3v) is 4.58. The van der Waals surface area contributed by atoms with Crippen LogP contribution in [0.2, 0.25) is 0 Å². The van der Waals surface area contributed by atoms with Crippen molar-refractivity contribution in [1.82, 2.24) is 10.6 Å². The largest absolute Gasteiger partial charge is 0.454 e. The molecule has 0 aromatic heterocycles. The van der Waals surface area contributed by atoms with Crippen LogP contribution in [0.3, 0.4) is 0 Å². The number of rotatable bonds is 6. The number of benzene rings is 1. The Morgan fingerprint density at radius 1 is 1.28 bits per heavy atom. The van der Waals surface area contributed by atoms with Crippen LogP contribution < -0.4 is 20.1 Å². The molecule has 1 unspecified atom stereocenters. The van der Waals surface area contributed by atoms with Crippen LogP contribution in [0.4, 0.5) is 0 Å². The minimum atomic E-state index is -0.00881. The van der Waals surface area contributed by atoms with Crippen molar-refractivity contribution in [1.29, 1.82) is 0 Å². The van der Waals surface area contributed by atoms with E-state index in [0.29, 0.717) is 13.2 Å². The molecule has 2 heterocycles. The first kappa shape index (κ1) is 20.1. The second-order valence-corrected chi connectivity index (χ2v) is 6.24. The minimum absolute atomic E-state index is 0. The first-order valence-corrected chi connectivity index (χ1v) is 8.26. The van der Waals surface area contributed by atoms with Crippen molar-refractivity contribution >= 4 is 29.9 Å². The van der Waals surface area contributed by atoms with Crippen LogP contribution in [0.5, 0.6) is 11.5 Å². The number of aliphatic hydroxyl groups excluding tert-OH is 1. The van der Waals surface area contributed by atoms with E-state index in [-0.39, 0.29) is 42.8 Å². The van der Waals surface area contributed by atoms with Crippen LogP contribution in [0, 0.1) is 5.41 Å². The lowest BCUT2D eigenvalue weighted by molar-refractivity contribution is 0.127. The highest BCUT2D eigenvalue weighted by atomic mass is 127. The van der Waals surface area contributed by atoms with Crippen molar-refractivity contribution in [2.75, 3.05) is 40.2 Å². The fourth-order valence-corrected chi connectivity index (χ4v) is 3.04. The molecule has 1 saturated heterocycles. The van der Waals surface area contributed by atoms with Gasteiger partial charge in [-0.1, -0.05) is 6.07 Å². The SMILES string of the molecule is CN=C(NCc1ccc2c(c1)OCO2)NCC1(CCO)CCOC1.I. The molecule has 7 nitrogen and oxygen atoms in total. The number of ether oxygens (including phenoxy) is 3. The molecule has 8 heteroatoms. The molecule has 0 radical (unpaired) electrons. The molecule has 1 fully saturated rings. The smallest absolute Gasteiger partial charge is 0.231 e. The van der Waals surface area contributed by atoms with Gasteiger partial charge in [0, 0.05) is 38.8 Å². The van der Waals surface area contributed by atoms with Gasteiger partial charge in [0.05, 0.1) is 6.61 Å². The highest BCUT2D eigenvalue weighted by Crippen LogP contribution is 2.32. The van der Waals surface area contributed by atoms with E-state index in [2.05, 4.69) is 15.6 Å². The number of guanidine groups is 1. The molecular formula is C17H26IN3O4. The summed E-state index contributed by atoms with van der Waals surface area (Å²) < 4.78 is 16.2. The molecule has 2 aliphatic heterocycles. The Labute approximate surface area is 165 Å². The first-order chi connectivity index (χ1) is 11.7. The molecule has 3 rings (SSSR count). The maximum atomic E-state index is 9.29. The Hall–Kier alpha value is -1.26. The molecule has 0 spiro atoms. The zero-order valence-corrected chi connectivity index (χ0v) is 16.7. The van der Waals surface area contributed by atoms with Crippen molar-refractivity contribution < 1.29 is 19.3 Å². The lowest BCUT2D eigenvalue weighted by Gasteiger charge is -2.27. The van der Waals surface area contributed by atoms with Crippen molar-refractivity contribution in [3.8, 4) is 11.5 Å². The van der Waals surface area contributed by atoms with Crippen molar-refractivity contribution in [2.24, 2.45) is 10.4 Å². The Balaban J connectivity index is 0.00000225. The van der Waals surface area contributed by atoms with Crippen LogP contribution in [0.15, 0.2) is 23.2 Å². The van der Waals surface area contributed by atoms with Crippen molar-refractivity contribution in [3.63, 3.8) is 0 Å². The fourth-order valence-electron chi connectivity index (χ4n) is 3.04. The summed E-state index contributed by atoms with van der Waals surface area (Å²) in [6.45, 7) is 3.26. The molecule has 0 saturated carbocycles. The van der Waals surface area contributed by atoms with Gasteiger partial charge in [0.1, 0.15) is 0 Å². The van der Waals surface area contributed by atoms with E-state index in [1.165, 1.54) is 0 Å². The van der Waals surface area contributed by atoms with E-state index in [0.717, 1.165) is 49.0 Å². The Kier molecular flexibility index (Phi) is 7.57. The average molecular weight is 463 g/mol. The molecule has 0 aliphatic carbocycles. The third kappa shape index (κ3) is 5.11. The summed E-state index contributed by atoms with van der Waals surface area (Å²) in [5, 5.41) is 15.9. The number of halogens is 1. The van der Waals surface area contributed by atoms with Crippen LogP contribution in [-0.2, 0) is 11.3 Å². The number of fused-ring (bicyclic) bond motifs is 1. The molecule has 2 aliphatic rings. The van der Waals surface area contributed by atoms with E-state index in [9.17, 15) is 5.11 Å². The lowest BCUT2D eigenvalue weighted by atomic mass is 9.84. The molecule has 25 heavy (non-hydrogen) atoms. The third-order valence-electron chi connectivity index (χ3n) is 4.58. The van der Waals surface area contributed by atoms with Gasteiger partial charge in [-0.3, -0.25) is 4.99 Å². The van der Waals surface area contributed by atoms with Gasteiger partial charge in [0.25, 0.3) is 0 Å². The Bertz CT molecular complexity index is 591. The van der Waals surface area contributed by atoms with Crippen LogP contribution in [0.1, 0.15) is 18.4 Å². The lowest BCUT2D eigenvalue weighted by Crippen LogP contribution is -2.44. The van der Waals surface area contributed by atoms with Gasteiger partial charge in [-0.05, 0) is 30.5 Å². The molecule has 140 valence electrons.